The number of halogens is 3. The minimum Gasteiger partial charge on any atom is -0.444 e. The first-order chi connectivity index (χ1) is 18.0. The highest BCUT2D eigenvalue weighted by molar-refractivity contribution is 6.34. The number of hydrogen-bond donors (Lipinski definition) is 1. The predicted molar refractivity (Wildman–Crippen MR) is 148 cm³/mol. The standard InChI is InChI=1S/C28H41ClF2N4O4/c1-17(2)35(18-9-8-11-33(16-18)26(38)39-27(3,4)5)24(36)19-13-22-20(14-21(19)29)28(6,7)25(37)34(22)12-10-32-15-23(30)31/h13-14,17-18,23,32H,8-12,15-16H2,1-7H3/t18-/m1/s1. The van der Waals surface area contributed by atoms with E-state index >= 15 is 0 Å². The quantitative estimate of drug-likeness (QED) is 0.441. The fourth-order valence-electron chi connectivity index (χ4n) is 5.27. The molecule has 2 aliphatic heterocycles. The predicted octanol–water partition coefficient (Wildman–Crippen LogP) is 5.07. The lowest BCUT2D eigenvalue weighted by molar-refractivity contribution is -0.122. The highest BCUT2D eigenvalue weighted by atomic mass is 35.5. The van der Waals surface area contributed by atoms with Crippen molar-refractivity contribution in [1.29, 1.82) is 0 Å². The lowest BCUT2D eigenvalue weighted by Gasteiger charge is -2.41. The van der Waals surface area contributed by atoms with E-state index in [9.17, 15) is 23.2 Å². The van der Waals surface area contributed by atoms with Gasteiger partial charge >= 0.3 is 6.09 Å². The molecule has 2 aliphatic rings. The van der Waals surface area contributed by atoms with Crippen molar-refractivity contribution in [3.63, 3.8) is 0 Å². The normalized spacial score (nSPS) is 19.1. The van der Waals surface area contributed by atoms with Crippen LogP contribution < -0.4 is 10.2 Å². The number of benzene rings is 1. The fraction of sp³-hybridized carbons (Fsp3) is 0.679. The lowest BCUT2D eigenvalue weighted by atomic mass is 9.85. The first kappa shape index (κ1) is 31.1. The minimum absolute atomic E-state index is 0.179. The third-order valence-electron chi connectivity index (χ3n) is 7.10. The molecule has 0 radical (unpaired) electrons. The van der Waals surface area contributed by atoms with Crippen molar-refractivity contribution >= 4 is 35.2 Å². The molecule has 0 aromatic heterocycles. The number of ether oxygens (including phenoxy) is 1. The SMILES string of the molecule is CC(C)N(C(=O)c1cc2c(cc1Cl)C(C)(C)C(=O)N2CCNCC(F)F)[C@@H]1CCCN(C(=O)OC(C)(C)C)C1. The van der Waals surface area contributed by atoms with Crippen LogP contribution in [0.4, 0.5) is 19.3 Å². The Morgan fingerprint density at radius 2 is 1.92 bits per heavy atom. The number of amides is 3. The first-order valence-electron chi connectivity index (χ1n) is 13.5. The smallest absolute Gasteiger partial charge is 0.410 e. The Morgan fingerprint density at radius 1 is 1.26 bits per heavy atom. The van der Waals surface area contributed by atoms with Gasteiger partial charge in [0, 0.05) is 37.9 Å². The maximum atomic E-state index is 14.0. The monoisotopic (exact) mass is 570 g/mol. The number of anilines is 1. The maximum absolute atomic E-state index is 14.0. The number of likely N-dealkylation sites (tertiary alicyclic amines) is 1. The third kappa shape index (κ3) is 7.01. The van der Waals surface area contributed by atoms with Gasteiger partial charge in [-0.25, -0.2) is 13.6 Å². The number of piperidine rings is 1. The largest absolute Gasteiger partial charge is 0.444 e. The van der Waals surface area contributed by atoms with E-state index < -0.39 is 30.1 Å². The van der Waals surface area contributed by atoms with Gasteiger partial charge in [0.05, 0.1) is 28.6 Å². The number of alkyl halides is 2. The van der Waals surface area contributed by atoms with E-state index in [1.54, 1.807) is 35.8 Å². The number of nitrogens with one attached hydrogen (secondary N) is 1. The van der Waals surface area contributed by atoms with Gasteiger partial charge in [0.1, 0.15) is 5.60 Å². The van der Waals surface area contributed by atoms with Crippen LogP contribution >= 0.6 is 11.6 Å². The van der Waals surface area contributed by atoms with Crippen LogP contribution in [0.25, 0.3) is 0 Å². The van der Waals surface area contributed by atoms with Crippen molar-refractivity contribution in [3.8, 4) is 0 Å². The molecule has 0 aliphatic carbocycles. The number of hydrogen-bond acceptors (Lipinski definition) is 5. The van der Waals surface area contributed by atoms with Gasteiger partial charge in [-0.05, 0) is 79.0 Å². The molecule has 0 bridgehead atoms. The lowest BCUT2D eigenvalue weighted by Crippen LogP contribution is -2.54. The van der Waals surface area contributed by atoms with Crippen molar-refractivity contribution < 1.29 is 27.9 Å². The molecule has 1 N–H and O–H groups in total. The molecule has 11 heteroatoms. The number of nitrogens with zero attached hydrogens (tertiary/aromatic N) is 3. The molecule has 1 atom stereocenters. The van der Waals surface area contributed by atoms with E-state index in [0.29, 0.717) is 24.3 Å². The molecule has 1 aromatic carbocycles. The van der Waals surface area contributed by atoms with Gasteiger partial charge in [0.25, 0.3) is 12.3 Å². The highest BCUT2D eigenvalue weighted by Gasteiger charge is 2.45. The molecule has 218 valence electrons. The maximum Gasteiger partial charge on any atom is 0.410 e. The summed E-state index contributed by atoms with van der Waals surface area (Å²) in [5.74, 6) is -0.472. The summed E-state index contributed by atoms with van der Waals surface area (Å²) in [6.07, 6.45) is -1.45. The summed E-state index contributed by atoms with van der Waals surface area (Å²) in [6, 6.07) is 2.89. The summed E-state index contributed by atoms with van der Waals surface area (Å²) in [4.78, 5) is 44.9. The average Bonchev–Trinajstić information content (AvgIpc) is 3.00. The van der Waals surface area contributed by atoms with Gasteiger partial charge in [-0.3, -0.25) is 9.59 Å². The van der Waals surface area contributed by atoms with Crippen LogP contribution in [0.15, 0.2) is 12.1 Å². The minimum atomic E-state index is -2.49. The van der Waals surface area contributed by atoms with Gasteiger partial charge < -0.3 is 24.8 Å². The Hall–Kier alpha value is -2.46. The first-order valence-corrected chi connectivity index (χ1v) is 13.9. The zero-order chi connectivity index (χ0) is 29.3. The van der Waals surface area contributed by atoms with Gasteiger partial charge in [-0.2, -0.15) is 0 Å². The summed E-state index contributed by atoms with van der Waals surface area (Å²) in [5, 5.41) is 2.89. The van der Waals surface area contributed by atoms with E-state index in [2.05, 4.69) is 5.32 Å². The van der Waals surface area contributed by atoms with Crippen LogP contribution in [0.5, 0.6) is 0 Å². The molecule has 1 fully saturated rings. The van der Waals surface area contributed by atoms with Crippen LogP contribution in [0.2, 0.25) is 5.02 Å². The van der Waals surface area contributed by atoms with Gasteiger partial charge in [-0.15, -0.1) is 0 Å². The molecular weight excluding hydrogens is 530 g/mol. The van der Waals surface area contributed by atoms with Crippen molar-refractivity contribution in [3.05, 3.63) is 28.3 Å². The molecule has 0 saturated carbocycles. The zero-order valence-electron chi connectivity index (χ0n) is 23.9. The van der Waals surface area contributed by atoms with Crippen molar-refractivity contribution in [2.75, 3.05) is 37.6 Å². The van der Waals surface area contributed by atoms with Crippen molar-refractivity contribution in [1.82, 2.24) is 15.1 Å². The Bertz CT molecular complexity index is 1090. The second-order valence-electron chi connectivity index (χ2n) is 12.1. The Kier molecular flexibility index (Phi) is 9.53. The molecule has 1 saturated heterocycles. The van der Waals surface area contributed by atoms with E-state index in [4.69, 9.17) is 16.3 Å². The van der Waals surface area contributed by atoms with Gasteiger partial charge in [-0.1, -0.05) is 11.6 Å². The van der Waals surface area contributed by atoms with Crippen LogP contribution in [0.3, 0.4) is 0 Å². The Labute approximate surface area is 235 Å². The molecule has 3 rings (SSSR count). The Balaban J connectivity index is 1.89. The van der Waals surface area contributed by atoms with Gasteiger partial charge in [0.15, 0.2) is 0 Å². The fourth-order valence-corrected chi connectivity index (χ4v) is 5.52. The molecule has 8 nitrogen and oxygen atoms in total. The molecule has 2 heterocycles. The third-order valence-corrected chi connectivity index (χ3v) is 7.42. The van der Waals surface area contributed by atoms with E-state index in [-0.39, 0.29) is 47.6 Å². The highest BCUT2D eigenvalue weighted by Crippen LogP contribution is 2.44. The summed E-state index contributed by atoms with van der Waals surface area (Å²) in [5.41, 5.74) is 0.00140. The number of carbonyl (C=O) groups is 3. The Morgan fingerprint density at radius 3 is 2.51 bits per heavy atom. The van der Waals surface area contributed by atoms with E-state index in [1.807, 2.05) is 34.6 Å². The second-order valence-corrected chi connectivity index (χ2v) is 12.5. The summed E-state index contributed by atoms with van der Waals surface area (Å²) in [6.45, 7) is 13.6. The van der Waals surface area contributed by atoms with Crippen LogP contribution in [0.1, 0.15) is 77.2 Å². The molecular formula is C28H41ClF2N4O4. The molecule has 1 aromatic rings. The molecule has 39 heavy (non-hydrogen) atoms. The van der Waals surface area contributed by atoms with E-state index in [1.165, 1.54) is 4.90 Å². The summed E-state index contributed by atoms with van der Waals surface area (Å²) < 4.78 is 30.7. The number of rotatable bonds is 8. The summed E-state index contributed by atoms with van der Waals surface area (Å²) in [7, 11) is 0. The van der Waals surface area contributed by atoms with Crippen molar-refractivity contribution in [2.24, 2.45) is 0 Å². The van der Waals surface area contributed by atoms with Crippen LogP contribution in [0, 0.1) is 0 Å². The topological polar surface area (TPSA) is 82.2 Å². The van der Waals surface area contributed by atoms with E-state index in [0.717, 1.165) is 12.8 Å². The molecule has 3 amide bonds. The van der Waals surface area contributed by atoms with Crippen LogP contribution in [-0.2, 0) is 14.9 Å². The molecule has 0 unspecified atom stereocenters. The summed E-state index contributed by atoms with van der Waals surface area (Å²) >= 11 is 6.67. The number of fused-ring (bicyclic) bond motifs is 1. The number of carbonyl (C=O) groups excluding carboxylic acids is 3. The van der Waals surface area contributed by atoms with Crippen LogP contribution in [-0.4, -0.2) is 84.5 Å². The average molecular weight is 571 g/mol. The van der Waals surface area contributed by atoms with Crippen molar-refractivity contribution in [2.45, 2.75) is 90.8 Å². The van der Waals surface area contributed by atoms with Gasteiger partial charge in [0.2, 0.25) is 5.91 Å². The zero-order valence-corrected chi connectivity index (χ0v) is 24.7. The molecule has 0 spiro atoms. The second kappa shape index (κ2) is 12.0.